The van der Waals surface area contributed by atoms with Gasteiger partial charge in [-0.05, 0) is 26.2 Å². The molecule has 0 bridgehead atoms. The third-order valence-corrected chi connectivity index (χ3v) is 7.27. The molecule has 0 saturated carbocycles. The van der Waals surface area contributed by atoms with Crippen LogP contribution in [0.4, 0.5) is 10.6 Å². The summed E-state index contributed by atoms with van der Waals surface area (Å²) in [4.78, 5) is 68.2. The van der Waals surface area contributed by atoms with E-state index in [1.807, 2.05) is 30.3 Å². The predicted octanol–water partition coefficient (Wildman–Crippen LogP) is 1.95. The van der Waals surface area contributed by atoms with Gasteiger partial charge < -0.3 is 34.5 Å². The van der Waals surface area contributed by atoms with Crippen molar-refractivity contribution in [2.45, 2.75) is 44.7 Å². The number of nitrogens with one attached hydrogen (secondary N) is 1. The molecule has 0 spiro atoms. The summed E-state index contributed by atoms with van der Waals surface area (Å²) in [5, 5.41) is 13.4. The second-order valence-electron chi connectivity index (χ2n) is 10.2. The number of amides is 2. The second kappa shape index (κ2) is 15.3. The molecule has 0 radical (unpaired) electrons. The third-order valence-electron chi connectivity index (χ3n) is 7.27. The maximum absolute atomic E-state index is 13.6. The first-order valence-electron chi connectivity index (χ1n) is 14.4. The summed E-state index contributed by atoms with van der Waals surface area (Å²) in [6, 6.07) is 9.87. The summed E-state index contributed by atoms with van der Waals surface area (Å²) in [6.45, 7) is 3.98. The van der Waals surface area contributed by atoms with Crippen LogP contribution in [-0.4, -0.2) is 114 Å². The highest BCUT2D eigenvalue weighted by molar-refractivity contribution is 5.97. The van der Waals surface area contributed by atoms with E-state index in [1.165, 1.54) is 9.96 Å². The number of rotatable bonds is 12. The van der Waals surface area contributed by atoms with Crippen LogP contribution in [0.15, 0.2) is 36.4 Å². The fraction of sp³-hybridized carbons (Fsp3) is 0.517. The Morgan fingerprint density at radius 3 is 2.49 bits per heavy atom. The summed E-state index contributed by atoms with van der Waals surface area (Å²) in [5.74, 6) is -1.20. The first-order chi connectivity index (χ1) is 20.8. The fourth-order valence-electron chi connectivity index (χ4n) is 5.14. The number of ether oxygens (including phenoxy) is 2. The van der Waals surface area contributed by atoms with Gasteiger partial charge in [0.05, 0.1) is 32.3 Å². The molecule has 43 heavy (non-hydrogen) atoms. The zero-order valence-electron chi connectivity index (χ0n) is 24.4. The van der Waals surface area contributed by atoms with Crippen LogP contribution in [0.1, 0.15) is 43.1 Å². The molecule has 2 N–H and O–H groups in total. The van der Waals surface area contributed by atoms with Crippen molar-refractivity contribution in [2.24, 2.45) is 0 Å². The number of aromatic nitrogens is 2. The van der Waals surface area contributed by atoms with Crippen molar-refractivity contribution in [1.82, 2.24) is 25.2 Å². The molecule has 14 heteroatoms. The molecule has 1 aromatic carbocycles. The Bertz CT molecular complexity index is 1270. The van der Waals surface area contributed by atoms with Crippen molar-refractivity contribution in [3.63, 3.8) is 0 Å². The summed E-state index contributed by atoms with van der Waals surface area (Å²) < 4.78 is 10.2. The number of hydrogen-bond acceptors (Lipinski definition) is 11. The standard InChI is InChI=1S/C29H38N6O8/c1-3-42-29(40)43-34-16-14-33(15-17-34)28(39)22(11-12-25(36)37)31-27(38)23-18-24(35-13-7-10-21(35)19-41-2)32-26(30-23)20-8-5-4-6-9-20/h4-6,8-9,18,21-22H,3,7,10-17,19H2,1-2H3,(H,31,38)(H,36,37)/t21-,22-/m0/s1. The number of carbonyl (C=O) groups excluding carboxylic acids is 3. The summed E-state index contributed by atoms with van der Waals surface area (Å²) in [7, 11) is 1.65. The van der Waals surface area contributed by atoms with E-state index >= 15 is 0 Å². The lowest BCUT2D eigenvalue weighted by Gasteiger charge is -2.35. The van der Waals surface area contributed by atoms with Gasteiger partial charge in [-0.2, -0.15) is 0 Å². The smallest absolute Gasteiger partial charge is 0.481 e. The zero-order chi connectivity index (χ0) is 30.8. The number of anilines is 1. The number of aliphatic carboxylic acids is 1. The quantitative estimate of drug-likeness (QED) is 0.342. The van der Waals surface area contributed by atoms with Gasteiger partial charge in [-0.3, -0.25) is 14.4 Å². The molecule has 1 aromatic heterocycles. The third kappa shape index (κ3) is 8.61. The lowest BCUT2D eigenvalue weighted by molar-refractivity contribution is -0.157. The molecule has 2 aliphatic rings. The molecule has 3 heterocycles. The molecule has 2 aliphatic heterocycles. The number of hydroxylamine groups is 2. The second-order valence-corrected chi connectivity index (χ2v) is 10.2. The van der Waals surface area contributed by atoms with E-state index in [0.717, 1.165) is 24.9 Å². The zero-order valence-corrected chi connectivity index (χ0v) is 24.4. The number of methoxy groups -OCH3 is 1. The largest absolute Gasteiger partial charge is 0.527 e. The van der Waals surface area contributed by atoms with Gasteiger partial charge in [-0.25, -0.2) is 14.8 Å². The van der Waals surface area contributed by atoms with Crippen molar-refractivity contribution in [3.8, 4) is 11.4 Å². The molecule has 2 aromatic rings. The van der Waals surface area contributed by atoms with Crippen LogP contribution in [0.25, 0.3) is 11.4 Å². The van der Waals surface area contributed by atoms with Crippen LogP contribution >= 0.6 is 0 Å². The van der Waals surface area contributed by atoms with Gasteiger partial charge in [-0.1, -0.05) is 30.3 Å². The number of hydrogen-bond donors (Lipinski definition) is 2. The van der Waals surface area contributed by atoms with E-state index in [4.69, 9.17) is 19.3 Å². The Morgan fingerprint density at radius 2 is 1.81 bits per heavy atom. The van der Waals surface area contributed by atoms with Gasteiger partial charge in [0, 0.05) is 44.8 Å². The molecule has 2 fully saturated rings. The SMILES string of the molecule is CCOC(=O)ON1CCN(C(=O)[C@H](CCC(=O)O)NC(=O)c2cc(N3CCC[C@H]3COC)nc(-c3ccccc3)n2)CC1. The van der Waals surface area contributed by atoms with E-state index in [1.54, 1.807) is 20.1 Å². The van der Waals surface area contributed by atoms with E-state index in [0.29, 0.717) is 18.2 Å². The lowest BCUT2D eigenvalue weighted by Crippen LogP contribution is -2.55. The van der Waals surface area contributed by atoms with Crippen molar-refractivity contribution in [1.29, 1.82) is 0 Å². The van der Waals surface area contributed by atoms with Gasteiger partial charge in [-0.15, -0.1) is 5.06 Å². The van der Waals surface area contributed by atoms with Gasteiger partial charge >= 0.3 is 12.1 Å². The van der Waals surface area contributed by atoms with Crippen LogP contribution in [0.5, 0.6) is 0 Å². The normalized spacial score (nSPS) is 17.8. The molecule has 4 rings (SSSR count). The lowest BCUT2D eigenvalue weighted by atomic mass is 10.1. The number of piperazine rings is 1. The molecule has 0 aliphatic carbocycles. The number of benzene rings is 1. The average molecular weight is 599 g/mol. The van der Waals surface area contributed by atoms with Crippen molar-refractivity contribution >= 4 is 29.8 Å². The molecule has 232 valence electrons. The van der Waals surface area contributed by atoms with Gasteiger partial charge in [0.25, 0.3) is 5.91 Å². The molecule has 14 nitrogen and oxygen atoms in total. The monoisotopic (exact) mass is 598 g/mol. The van der Waals surface area contributed by atoms with E-state index in [-0.39, 0.29) is 57.4 Å². The summed E-state index contributed by atoms with van der Waals surface area (Å²) in [6.07, 6.45) is 0.619. The fourth-order valence-corrected chi connectivity index (χ4v) is 5.14. The number of nitrogens with zero attached hydrogens (tertiary/aromatic N) is 5. The van der Waals surface area contributed by atoms with Gasteiger partial charge in [0.2, 0.25) is 5.91 Å². The maximum Gasteiger partial charge on any atom is 0.527 e. The molecule has 2 atom stereocenters. The highest BCUT2D eigenvalue weighted by atomic mass is 16.8. The number of carboxylic acid groups (broad SMARTS) is 1. The number of carbonyl (C=O) groups is 4. The highest BCUT2D eigenvalue weighted by Crippen LogP contribution is 2.27. The molecule has 0 unspecified atom stereocenters. The Balaban J connectivity index is 1.54. The van der Waals surface area contributed by atoms with Gasteiger partial charge in [0.15, 0.2) is 5.82 Å². The van der Waals surface area contributed by atoms with E-state index in [2.05, 4.69) is 15.2 Å². The molecule has 2 saturated heterocycles. The molecular weight excluding hydrogens is 560 g/mol. The highest BCUT2D eigenvalue weighted by Gasteiger charge is 2.32. The van der Waals surface area contributed by atoms with Crippen LogP contribution < -0.4 is 10.2 Å². The van der Waals surface area contributed by atoms with Crippen LogP contribution in [0.3, 0.4) is 0 Å². The summed E-state index contributed by atoms with van der Waals surface area (Å²) in [5.41, 5.74) is 0.787. The van der Waals surface area contributed by atoms with Crippen molar-refractivity contribution in [3.05, 3.63) is 42.1 Å². The minimum absolute atomic E-state index is 0.0627. The Hall–Kier alpha value is -4.30. The minimum atomic E-state index is -1.10. The summed E-state index contributed by atoms with van der Waals surface area (Å²) >= 11 is 0. The first kappa shape index (κ1) is 31.6. The Morgan fingerprint density at radius 1 is 1.07 bits per heavy atom. The van der Waals surface area contributed by atoms with E-state index < -0.39 is 30.0 Å². The van der Waals surface area contributed by atoms with Crippen LogP contribution in [-0.2, 0) is 23.9 Å². The predicted molar refractivity (Wildman–Crippen MR) is 154 cm³/mol. The Kier molecular flexibility index (Phi) is 11.2. The number of carboxylic acids is 1. The minimum Gasteiger partial charge on any atom is -0.481 e. The average Bonchev–Trinajstić information content (AvgIpc) is 3.48. The molecular formula is C29H38N6O8. The van der Waals surface area contributed by atoms with Crippen molar-refractivity contribution < 1.29 is 38.6 Å². The van der Waals surface area contributed by atoms with E-state index in [9.17, 15) is 24.3 Å². The first-order valence-corrected chi connectivity index (χ1v) is 14.4. The topological polar surface area (TPSA) is 164 Å². The van der Waals surface area contributed by atoms with Gasteiger partial charge in [0.1, 0.15) is 17.6 Å². The Labute approximate surface area is 249 Å². The van der Waals surface area contributed by atoms with Crippen LogP contribution in [0.2, 0.25) is 0 Å². The van der Waals surface area contributed by atoms with Crippen molar-refractivity contribution in [2.75, 3.05) is 57.9 Å². The maximum atomic E-state index is 13.6. The molecule has 2 amide bonds. The van der Waals surface area contributed by atoms with Crippen LogP contribution in [0, 0.1) is 0 Å².